The van der Waals surface area contributed by atoms with Crippen LogP contribution in [0.25, 0.3) is 0 Å². The monoisotopic (exact) mass is 367 g/mol. The summed E-state index contributed by atoms with van der Waals surface area (Å²) in [4.78, 5) is 8.10. The van der Waals surface area contributed by atoms with Gasteiger partial charge >= 0.3 is 6.18 Å². The largest absolute Gasteiger partial charge is 0.418 e. The summed E-state index contributed by atoms with van der Waals surface area (Å²) in [6.07, 6.45) is -3.75. The Morgan fingerprint density at radius 3 is 2.52 bits per heavy atom. The van der Waals surface area contributed by atoms with Gasteiger partial charge in [0.1, 0.15) is 5.82 Å². The van der Waals surface area contributed by atoms with Crippen LogP contribution < -0.4 is 9.80 Å². The van der Waals surface area contributed by atoms with Crippen molar-refractivity contribution in [3.63, 3.8) is 0 Å². The number of hydrogen-bond acceptors (Lipinski definition) is 6. The molecule has 3 rings (SSSR count). The topological polar surface area (TPSA) is 56.1 Å². The highest BCUT2D eigenvalue weighted by Crippen LogP contribution is 2.37. The van der Waals surface area contributed by atoms with Crippen LogP contribution in [-0.4, -0.2) is 35.5 Å². The highest BCUT2D eigenvalue weighted by atomic mass is 32.1. The molecule has 0 spiro atoms. The van der Waals surface area contributed by atoms with Crippen LogP contribution in [0.2, 0.25) is 0 Å². The van der Waals surface area contributed by atoms with Crippen LogP contribution in [0.1, 0.15) is 23.4 Å². The first-order valence-electron chi connectivity index (χ1n) is 7.80. The number of hydrogen-bond donors (Lipinski definition) is 0. The highest BCUT2D eigenvalue weighted by molar-refractivity contribution is 7.09. The molecule has 0 amide bonds. The van der Waals surface area contributed by atoms with E-state index in [4.69, 9.17) is 5.26 Å². The number of anilines is 2. The molecule has 1 aromatic carbocycles. The minimum absolute atomic E-state index is 0.0712. The summed E-state index contributed by atoms with van der Waals surface area (Å²) in [5, 5.41) is 9.82. The maximum Gasteiger partial charge on any atom is 0.418 e. The van der Waals surface area contributed by atoms with E-state index in [1.165, 1.54) is 23.7 Å². The Balaban J connectivity index is 1.86. The van der Waals surface area contributed by atoms with E-state index in [1.54, 1.807) is 4.90 Å². The molecular formula is C16H16F3N5S. The molecule has 1 saturated heterocycles. The van der Waals surface area contributed by atoms with E-state index in [1.807, 2.05) is 17.9 Å². The van der Waals surface area contributed by atoms with Gasteiger partial charge in [0.05, 0.1) is 22.9 Å². The summed E-state index contributed by atoms with van der Waals surface area (Å²) in [5.41, 5.74) is -0.405. The summed E-state index contributed by atoms with van der Waals surface area (Å²) in [5.74, 6) is 0.696. The molecule has 1 aliphatic heterocycles. The fourth-order valence-electron chi connectivity index (χ4n) is 2.87. The fraction of sp³-hybridized carbons (Fsp3) is 0.438. The Hall–Kier alpha value is -2.34. The first kappa shape index (κ1) is 17.5. The predicted molar refractivity (Wildman–Crippen MR) is 89.8 cm³/mol. The Bertz CT molecular complexity index is 796. The normalized spacial score (nSPS) is 15.8. The summed E-state index contributed by atoms with van der Waals surface area (Å²) in [6, 6.07) is 5.44. The minimum Gasteiger partial charge on any atom is -0.369 e. The van der Waals surface area contributed by atoms with Gasteiger partial charge in [0.25, 0.3) is 0 Å². The lowest BCUT2D eigenvalue weighted by Gasteiger charge is -2.26. The van der Waals surface area contributed by atoms with E-state index < -0.39 is 11.7 Å². The first-order chi connectivity index (χ1) is 11.9. The lowest BCUT2D eigenvalue weighted by molar-refractivity contribution is -0.137. The van der Waals surface area contributed by atoms with Gasteiger partial charge in [0.2, 0.25) is 5.13 Å². The molecule has 1 fully saturated rings. The van der Waals surface area contributed by atoms with Crippen LogP contribution in [0.4, 0.5) is 24.0 Å². The van der Waals surface area contributed by atoms with Crippen molar-refractivity contribution in [1.82, 2.24) is 9.36 Å². The maximum absolute atomic E-state index is 13.3. The van der Waals surface area contributed by atoms with E-state index in [0.29, 0.717) is 38.4 Å². The van der Waals surface area contributed by atoms with Crippen molar-refractivity contribution in [2.75, 3.05) is 36.0 Å². The number of nitrogens with zero attached hydrogens (tertiary/aromatic N) is 5. The predicted octanol–water partition coefficient (Wildman–Crippen LogP) is 3.45. The van der Waals surface area contributed by atoms with E-state index in [9.17, 15) is 13.2 Å². The summed E-state index contributed by atoms with van der Waals surface area (Å²) < 4.78 is 44.2. The van der Waals surface area contributed by atoms with Crippen LogP contribution in [0.15, 0.2) is 18.2 Å². The van der Waals surface area contributed by atoms with Crippen molar-refractivity contribution in [2.45, 2.75) is 19.5 Å². The van der Waals surface area contributed by atoms with Crippen LogP contribution in [0.3, 0.4) is 0 Å². The van der Waals surface area contributed by atoms with Gasteiger partial charge in [-0.3, -0.25) is 0 Å². The van der Waals surface area contributed by atoms with Crippen molar-refractivity contribution < 1.29 is 13.2 Å². The molecule has 2 heterocycles. The van der Waals surface area contributed by atoms with Gasteiger partial charge in [-0.05, 0) is 31.5 Å². The maximum atomic E-state index is 13.3. The Labute approximate surface area is 147 Å². The third kappa shape index (κ3) is 3.85. The molecule has 0 aliphatic carbocycles. The number of benzene rings is 1. The molecule has 2 aromatic rings. The number of rotatable bonds is 2. The molecule has 1 aromatic heterocycles. The Morgan fingerprint density at radius 1 is 1.16 bits per heavy atom. The van der Waals surface area contributed by atoms with Gasteiger partial charge in [0.15, 0.2) is 0 Å². The van der Waals surface area contributed by atoms with E-state index in [-0.39, 0.29) is 11.3 Å². The van der Waals surface area contributed by atoms with Crippen molar-refractivity contribution in [3.8, 4) is 6.07 Å². The number of aromatic nitrogens is 2. The number of alkyl halides is 3. The molecule has 0 saturated carbocycles. The fourth-order valence-corrected chi connectivity index (χ4v) is 3.59. The molecule has 132 valence electrons. The first-order valence-corrected chi connectivity index (χ1v) is 8.57. The van der Waals surface area contributed by atoms with Crippen molar-refractivity contribution >= 4 is 22.4 Å². The molecule has 0 radical (unpaired) electrons. The zero-order valence-electron chi connectivity index (χ0n) is 13.5. The average molecular weight is 367 g/mol. The SMILES string of the molecule is Cc1nsc(N2CCCN(c3cc(C#N)ccc3C(F)(F)F)CC2)n1. The van der Waals surface area contributed by atoms with Gasteiger partial charge in [-0.2, -0.15) is 22.8 Å². The lowest BCUT2D eigenvalue weighted by Crippen LogP contribution is -2.32. The Morgan fingerprint density at radius 2 is 1.88 bits per heavy atom. The van der Waals surface area contributed by atoms with Gasteiger partial charge < -0.3 is 9.80 Å². The molecule has 25 heavy (non-hydrogen) atoms. The number of aryl methyl sites for hydroxylation is 1. The lowest BCUT2D eigenvalue weighted by atomic mass is 10.1. The summed E-state index contributed by atoms with van der Waals surface area (Å²) in [7, 11) is 0. The van der Waals surface area contributed by atoms with Gasteiger partial charge in [-0.1, -0.05) is 0 Å². The van der Waals surface area contributed by atoms with Gasteiger partial charge in [-0.15, -0.1) is 0 Å². The average Bonchev–Trinajstić information content (AvgIpc) is 2.86. The zero-order valence-corrected chi connectivity index (χ0v) is 14.4. The van der Waals surface area contributed by atoms with E-state index in [0.717, 1.165) is 11.2 Å². The Kier molecular flexibility index (Phi) is 4.81. The number of halogens is 3. The summed E-state index contributed by atoms with van der Waals surface area (Å²) in [6.45, 7) is 4.00. The number of nitriles is 1. The molecule has 5 nitrogen and oxygen atoms in total. The van der Waals surface area contributed by atoms with Crippen LogP contribution in [-0.2, 0) is 6.18 Å². The third-order valence-electron chi connectivity index (χ3n) is 4.06. The molecule has 0 N–H and O–H groups in total. The molecular weight excluding hydrogens is 351 g/mol. The van der Waals surface area contributed by atoms with Crippen molar-refractivity contribution in [1.29, 1.82) is 5.26 Å². The van der Waals surface area contributed by atoms with Crippen molar-refractivity contribution in [2.24, 2.45) is 0 Å². The van der Waals surface area contributed by atoms with Crippen LogP contribution >= 0.6 is 11.5 Å². The molecule has 0 atom stereocenters. The van der Waals surface area contributed by atoms with Crippen LogP contribution in [0, 0.1) is 18.3 Å². The second kappa shape index (κ2) is 6.88. The van der Waals surface area contributed by atoms with Gasteiger partial charge in [0, 0.05) is 37.7 Å². The second-order valence-electron chi connectivity index (χ2n) is 5.79. The van der Waals surface area contributed by atoms with Gasteiger partial charge in [-0.25, -0.2) is 4.98 Å². The van der Waals surface area contributed by atoms with Crippen LogP contribution in [0.5, 0.6) is 0 Å². The standard InChI is InChI=1S/C16H16F3N5S/c1-11-21-15(25-22-11)24-6-2-5-23(7-8-24)14-9-12(10-20)3-4-13(14)16(17,18)19/h3-4,9H,2,5-8H2,1H3. The zero-order chi connectivity index (χ0) is 18.0. The minimum atomic E-state index is -4.45. The third-order valence-corrected chi connectivity index (χ3v) is 4.92. The smallest absolute Gasteiger partial charge is 0.369 e. The molecule has 0 unspecified atom stereocenters. The van der Waals surface area contributed by atoms with Crippen molar-refractivity contribution in [3.05, 3.63) is 35.2 Å². The van der Waals surface area contributed by atoms with E-state index in [2.05, 4.69) is 9.36 Å². The second-order valence-corrected chi connectivity index (χ2v) is 6.52. The molecule has 1 aliphatic rings. The van der Waals surface area contributed by atoms with E-state index >= 15 is 0 Å². The summed E-state index contributed by atoms with van der Waals surface area (Å²) >= 11 is 1.30. The highest BCUT2D eigenvalue weighted by Gasteiger charge is 2.35. The molecule has 9 heteroatoms. The quantitative estimate of drug-likeness (QED) is 0.814. The molecule has 0 bridgehead atoms.